The van der Waals surface area contributed by atoms with Crippen molar-refractivity contribution in [3.8, 4) is 0 Å². The molecular weight excluding hydrogens is 376 g/mol. The van der Waals surface area contributed by atoms with Crippen LogP contribution in [0.5, 0.6) is 0 Å². The lowest BCUT2D eigenvalue weighted by atomic mass is 9.87. The van der Waals surface area contributed by atoms with Crippen LogP contribution in [0.25, 0.3) is 0 Å². The molecule has 2 heterocycles. The fourth-order valence-electron chi connectivity index (χ4n) is 4.07. The molecule has 2 N–H and O–H groups in total. The van der Waals surface area contributed by atoms with Crippen LogP contribution >= 0.6 is 0 Å². The third-order valence-electron chi connectivity index (χ3n) is 6.02. The summed E-state index contributed by atoms with van der Waals surface area (Å²) in [6.07, 6.45) is 4.78. The third kappa shape index (κ3) is 6.88. The van der Waals surface area contributed by atoms with Crippen molar-refractivity contribution in [3.63, 3.8) is 0 Å². The Bertz CT molecular complexity index is 655. The maximum atomic E-state index is 5.72. The average molecular weight is 417 g/mol. The topological polar surface area (TPSA) is 58.1 Å². The second kappa shape index (κ2) is 11.0. The second-order valence-electron chi connectivity index (χ2n) is 9.41. The van der Waals surface area contributed by atoms with E-state index in [1.807, 2.05) is 7.05 Å². The Kier molecular flexibility index (Phi) is 8.40. The molecule has 0 radical (unpaired) electrons. The van der Waals surface area contributed by atoms with Gasteiger partial charge in [-0.3, -0.25) is 4.99 Å². The molecule has 3 rings (SSSR count). The average Bonchev–Trinajstić information content (AvgIpc) is 3.26. The molecule has 6 heteroatoms. The van der Waals surface area contributed by atoms with Crippen LogP contribution in [-0.2, 0) is 14.9 Å². The zero-order valence-corrected chi connectivity index (χ0v) is 19.2. The highest BCUT2D eigenvalue weighted by Gasteiger charge is 2.21. The maximum absolute atomic E-state index is 5.72. The van der Waals surface area contributed by atoms with E-state index in [0.717, 1.165) is 57.9 Å². The smallest absolute Gasteiger partial charge is 0.191 e. The highest BCUT2D eigenvalue weighted by atomic mass is 16.5. The minimum atomic E-state index is 0.202. The standard InChI is InChI=1S/C24H40N4O2/c1-24(2,3)19-7-9-21(10-8-19)28-14-11-20(12-15-28)27-23(25-4)26-13-17-29-18-22-6-5-16-30-22/h7-10,20,22H,5-6,11-18H2,1-4H3,(H2,25,26,27). The molecule has 30 heavy (non-hydrogen) atoms. The molecule has 0 amide bonds. The van der Waals surface area contributed by atoms with Crippen molar-refractivity contribution in [3.05, 3.63) is 29.8 Å². The van der Waals surface area contributed by atoms with Crippen LogP contribution < -0.4 is 15.5 Å². The Morgan fingerprint density at radius 2 is 1.90 bits per heavy atom. The Morgan fingerprint density at radius 3 is 2.50 bits per heavy atom. The van der Waals surface area contributed by atoms with Gasteiger partial charge >= 0.3 is 0 Å². The largest absolute Gasteiger partial charge is 0.377 e. The molecule has 2 aliphatic heterocycles. The van der Waals surface area contributed by atoms with E-state index in [4.69, 9.17) is 9.47 Å². The SMILES string of the molecule is CN=C(NCCOCC1CCCO1)NC1CCN(c2ccc(C(C)(C)C)cc2)CC1. The molecule has 1 aromatic rings. The van der Waals surface area contributed by atoms with Gasteiger partial charge in [0.25, 0.3) is 0 Å². The van der Waals surface area contributed by atoms with E-state index < -0.39 is 0 Å². The lowest BCUT2D eigenvalue weighted by Crippen LogP contribution is -2.49. The summed E-state index contributed by atoms with van der Waals surface area (Å²) in [6, 6.07) is 9.53. The zero-order chi connectivity index (χ0) is 21.4. The second-order valence-corrected chi connectivity index (χ2v) is 9.41. The van der Waals surface area contributed by atoms with Crippen LogP contribution in [0.3, 0.4) is 0 Å². The molecule has 2 fully saturated rings. The number of aliphatic imine (C=N–C) groups is 1. The molecule has 6 nitrogen and oxygen atoms in total. The number of nitrogens with zero attached hydrogens (tertiary/aromatic N) is 2. The minimum Gasteiger partial charge on any atom is -0.377 e. The number of ether oxygens (including phenoxy) is 2. The summed E-state index contributed by atoms with van der Waals surface area (Å²) in [7, 11) is 1.83. The molecule has 2 aliphatic rings. The summed E-state index contributed by atoms with van der Waals surface area (Å²) in [5, 5.41) is 6.94. The van der Waals surface area contributed by atoms with E-state index in [9.17, 15) is 0 Å². The van der Waals surface area contributed by atoms with Gasteiger partial charge in [0.1, 0.15) is 0 Å². The van der Waals surface area contributed by atoms with Crippen molar-refractivity contribution in [1.82, 2.24) is 10.6 Å². The Balaban J connectivity index is 1.34. The van der Waals surface area contributed by atoms with Gasteiger partial charge in [-0.25, -0.2) is 0 Å². The van der Waals surface area contributed by atoms with Gasteiger partial charge < -0.3 is 25.0 Å². The van der Waals surface area contributed by atoms with Gasteiger partial charge in [0.05, 0.1) is 19.3 Å². The van der Waals surface area contributed by atoms with E-state index in [1.165, 1.54) is 11.3 Å². The fourth-order valence-corrected chi connectivity index (χ4v) is 4.07. The molecule has 168 valence electrons. The highest BCUT2D eigenvalue weighted by Crippen LogP contribution is 2.26. The summed E-state index contributed by atoms with van der Waals surface area (Å²) < 4.78 is 11.3. The normalized spacial score (nSPS) is 21.1. The molecule has 1 aromatic carbocycles. The number of nitrogens with one attached hydrogen (secondary N) is 2. The van der Waals surface area contributed by atoms with E-state index in [0.29, 0.717) is 19.3 Å². The predicted octanol–water partition coefficient (Wildman–Crippen LogP) is 3.31. The summed E-state index contributed by atoms with van der Waals surface area (Å²) in [5.41, 5.74) is 2.91. The Labute approximate surface area is 182 Å². The van der Waals surface area contributed by atoms with Crippen molar-refractivity contribution in [1.29, 1.82) is 0 Å². The summed E-state index contributed by atoms with van der Waals surface area (Å²) in [6.45, 7) is 11.9. The number of guanidine groups is 1. The van der Waals surface area contributed by atoms with E-state index in [2.05, 4.69) is 65.6 Å². The summed E-state index contributed by atoms with van der Waals surface area (Å²) in [5.74, 6) is 0.865. The summed E-state index contributed by atoms with van der Waals surface area (Å²) >= 11 is 0. The fraction of sp³-hybridized carbons (Fsp3) is 0.708. The molecule has 0 spiro atoms. The van der Waals surface area contributed by atoms with Crippen LogP contribution in [-0.4, -0.2) is 64.6 Å². The van der Waals surface area contributed by atoms with Crippen LogP contribution in [0.2, 0.25) is 0 Å². The van der Waals surface area contributed by atoms with Crippen molar-refractivity contribution < 1.29 is 9.47 Å². The molecule has 0 bridgehead atoms. The van der Waals surface area contributed by atoms with Crippen LogP contribution in [0.15, 0.2) is 29.3 Å². The molecule has 1 atom stereocenters. The minimum absolute atomic E-state index is 0.202. The van der Waals surface area contributed by atoms with Crippen molar-refractivity contribution in [2.75, 3.05) is 51.4 Å². The lowest BCUT2D eigenvalue weighted by Gasteiger charge is -2.35. The van der Waals surface area contributed by atoms with Gasteiger partial charge in [-0.05, 0) is 48.8 Å². The number of hydrogen-bond acceptors (Lipinski definition) is 4. The summed E-state index contributed by atoms with van der Waals surface area (Å²) in [4.78, 5) is 6.85. The van der Waals surface area contributed by atoms with Crippen LogP contribution in [0.4, 0.5) is 5.69 Å². The highest BCUT2D eigenvalue weighted by molar-refractivity contribution is 5.80. The van der Waals surface area contributed by atoms with Gasteiger partial charge in [0.2, 0.25) is 0 Å². The third-order valence-corrected chi connectivity index (χ3v) is 6.02. The molecule has 0 saturated carbocycles. The van der Waals surface area contributed by atoms with Crippen LogP contribution in [0, 0.1) is 0 Å². The molecule has 1 unspecified atom stereocenters. The van der Waals surface area contributed by atoms with Crippen molar-refractivity contribution in [2.45, 2.75) is 64.0 Å². The predicted molar refractivity (Wildman–Crippen MR) is 125 cm³/mol. The number of benzene rings is 1. The Morgan fingerprint density at radius 1 is 1.17 bits per heavy atom. The first-order chi connectivity index (χ1) is 14.5. The van der Waals surface area contributed by atoms with Gasteiger partial charge in [0, 0.05) is 45.0 Å². The van der Waals surface area contributed by atoms with Crippen molar-refractivity contribution >= 4 is 11.6 Å². The zero-order valence-electron chi connectivity index (χ0n) is 19.2. The first-order valence-corrected chi connectivity index (χ1v) is 11.5. The number of piperidine rings is 1. The molecule has 2 saturated heterocycles. The first-order valence-electron chi connectivity index (χ1n) is 11.5. The van der Waals surface area contributed by atoms with Gasteiger partial charge in [0.15, 0.2) is 5.96 Å². The maximum Gasteiger partial charge on any atom is 0.191 e. The van der Waals surface area contributed by atoms with Crippen molar-refractivity contribution in [2.24, 2.45) is 4.99 Å². The Hall–Kier alpha value is -1.79. The molecular formula is C24H40N4O2. The van der Waals surface area contributed by atoms with E-state index in [1.54, 1.807) is 0 Å². The monoisotopic (exact) mass is 416 g/mol. The lowest BCUT2D eigenvalue weighted by molar-refractivity contribution is 0.0191. The first kappa shape index (κ1) is 22.9. The number of anilines is 1. The number of rotatable bonds is 7. The van der Waals surface area contributed by atoms with Gasteiger partial charge in [-0.15, -0.1) is 0 Å². The quantitative estimate of drug-likeness (QED) is 0.406. The van der Waals surface area contributed by atoms with E-state index >= 15 is 0 Å². The number of hydrogen-bond donors (Lipinski definition) is 2. The van der Waals surface area contributed by atoms with Crippen LogP contribution in [0.1, 0.15) is 52.0 Å². The van der Waals surface area contributed by atoms with Gasteiger partial charge in [-0.1, -0.05) is 32.9 Å². The van der Waals surface area contributed by atoms with Gasteiger partial charge in [-0.2, -0.15) is 0 Å². The molecule has 0 aliphatic carbocycles. The molecule has 0 aromatic heterocycles. The van der Waals surface area contributed by atoms with E-state index in [-0.39, 0.29) is 11.5 Å².